The lowest BCUT2D eigenvalue weighted by molar-refractivity contribution is 0.465. The number of benzene rings is 1. The zero-order chi connectivity index (χ0) is 14.1. The first kappa shape index (κ1) is 12.3. The Balaban J connectivity index is 1.83. The molecule has 2 aromatic heterocycles. The van der Waals surface area contributed by atoms with Crippen LogP contribution in [-0.2, 0) is 6.54 Å². The third-order valence-electron chi connectivity index (χ3n) is 2.99. The van der Waals surface area contributed by atoms with Crippen molar-refractivity contribution in [1.82, 2.24) is 20.0 Å². The van der Waals surface area contributed by atoms with Gasteiger partial charge in [-0.2, -0.15) is 0 Å². The Hall–Kier alpha value is -2.70. The Bertz CT molecular complexity index is 732. The Morgan fingerprint density at radius 1 is 1.30 bits per heavy atom. The zero-order valence-electron chi connectivity index (χ0n) is 10.7. The number of halogens is 1. The summed E-state index contributed by atoms with van der Waals surface area (Å²) in [4.78, 5) is 4.17. The van der Waals surface area contributed by atoms with Gasteiger partial charge in [0.15, 0.2) is 11.6 Å². The van der Waals surface area contributed by atoms with Crippen LogP contribution in [0.4, 0.5) is 10.2 Å². The van der Waals surface area contributed by atoms with Gasteiger partial charge in [0.25, 0.3) is 0 Å². The van der Waals surface area contributed by atoms with E-state index in [4.69, 9.17) is 10.2 Å². The van der Waals surface area contributed by atoms with Gasteiger partial charge in [-0.15, -0.1) is 5.10 Å². The quantitative estimate of drug-likeness (QED) is 0.789. The van der Waals surface area contributed by atoms with Gasteiger partial charge in [-0.3, -0.25) is 0 Å². The van der Waals surface area contributed by atoms with E-state index in [0.29, 0.717) is 24.0 Å². The smallest absolute Gasteiger partial charge is 0.216 e. The summed E-state index contributed by atoms with van der Waals surface area (Å²) in [6.45, 7) is 2.16. The molecule has 3 aromatic rings. The number of rotatable bonds is 3. The van der Waals surface area contributed by atoms with Crippen molar-refractivity contribution in [2.75, 3.05) is 5.73 Å². The van der Waals surface area contributed by atoms with Crippen molar-refractivity contribution in [3.05, 3.63) is 47.9 Å². The van der Waals surface area contributed by atoms with E-state index in [-0.39, 0.29) is 5.82 Å². The molecule has 1 aromatic carbocycles. The Labute approximate surface area is 114 Å². The van der Waals surface area contributed by atoms with E-state index >= 15 is 0 Å². The lowest BCUT2D eigenvalue weighted by atomic mass is 10.2. The molecule has 0 saturated carbocycles. The van der Waals surface area contributed by atoms with Gasteiger partial charge >= 0.3 is 0 Å². The van der Waals surface area contributed by atoms with Crippen LogP contribution < -0.4 is 5.73 Å². The maximum atomic E-state index is 12.9. The highest BCUT2D eigenvalue weighted by molar-refractivity contribution is 5.55. The van der Waals surface area contributed by atoms with Crippen molar-refractivity contribution in [3.8, 4) is 11.3 Å². The van der Waals surface area contributed by atoms with Gasteiger partial charge in [0.05, 0.1) is 11.9 Å². The Morgan fingerprint density at radius 2 is 2.05 bits per heavy atom. The van der Waals surface area contributed by atoms with E-state index in [0.717, 1.165) is 11.3 Å². The molecule has 0 aliphatic heterocycles. The van der Waals surface area contributed by atoms with E-state index in [1.165, 1.54) is 12.1 Å². The molecule has 0 radical (unpaired) electrons. The molecule has 0 amide bonds. The highest BCUT2D eigenvalue weighted by Gasteiger charge is 2.10. The lowest BCUT2D eigenvalue weighted by Gasteiger charge is -1.99. The third-order valence-corrected chi connectivity index (χ3v) is 2.99. The fraction of sp³-hybridized carbons (Fsp3) is 0.154. The molecule has 0 fully saturated rings. The first-order chi connectivity index (χ1) is 9.63. The van der Waals surface area contributed by atoms with Gasteiger partial charge in [-0.05, 0) is 31.2 Å². The minimum atomic E-state index is -0.290. The SMILES string of the molecule is Cc1c(N)nnn1Cc1ncc(-c2ccc(F)cc2)o1. The molecular weight excluding hydrogens is 261 g/mol. The summed E-state index contributed by atoms with van der Waals surface area (Å²) in [6, 6.07) is 6.02. The first-order valence-electron chi connectivity index (χ1n) is 5.99. The summed E-state index contributed by atoms with van der Waals surface area (Å²) in [5.74, 6) is 1.15. The van der Waals surface area contributed by atoms with Crippen LogP contribution in [0.15, 0.2) is 34.9 Å². The number of aromatic nitrogens is 4. The number of hydrogen-bond acceptors (Lipinski definition) is 5. The van der Waals surface area contributed by atoms with Crippen molar-refractivity contribution >= 4 is 5.82 Å². The highest BCUT2D eigenvalue weighted by Crippen LogP contribution is 2.21. The van der Waals surface area contributed by atoms with Crippen LogP contribution in [0.25, 0.3) is 11.3 Å². The molecule has 0 aliphatic rings. The molecule has 2 N–H and O–H groups in total. The van der Waals surface area contributed by atoms with Gasteiger partial charge < -0.3 is 10.2 Å². The molecular formula is C13H12FN5O. The highest BCUT2D eigenvalue weighted by atomic mass is 19.1. The molecule has 6 nitrogen and oxygen atoms in total. The average molecular weight is 273 g/mol. The molecule has 0 bridgehead atoms. The first-order valence-corrected chi connectivity index (χ1v) is 5.99. The van der Waals surface area contributed by atoms with Crippen LogP contribution in [-0.4, -0.2) is 20.0 Å². The maximum absolute atomic E-state index is 12.9. The topological polar surface area (TPSA) is 82.8 Å². The predicted molar refractivity (Wildman–Crippen MR) is 70.2 cm³/mol. The number of nitrogen functional groups attached to an aromatic ring is 1. The molecule has 0 unspecified atom stereocenters. The minimum Gasteiger partial charge on any atom is -0.439 e. The van der Waals surface area contributed by atoms with Gasteiger partial charge in [0.2, 0.25) is 5.89 Å². The van der Waals surface area contributed by atoms with Crippen LogP contribution in [0.3, 0.4) is 0 Å². The third kappa shape index (κ3) is 2.25. The fourth-order valence-corrected chi connectivity index (χ4v) is 1.78. The molecule has 102 valence electrons. The molecule has 3 rings (SSSR count). The monoisotopic (exact) mass is 273 g/mol. The molecule has 7 heteroatoms. The molecule has 0 saturated heterocycles. The van der Waals surface area contributed by atoms with Crippen molar-refractivity contribution in [2.45, 2.75) is 13.5 Å². The molecule has 0 spiro atoms. The van der Waals surface area contributed by atoms with Gasteiger partial charge in [0.1, 0.15) is 12.4 Å². The Kier molecular flexibility index (Phi) is 2.94. The Morgan fingerprint density at radius 3 is 2.70 bits per heavy atom. The summed E-state index contributed by atoms with van der Waals surface area (Å²) in [7, 11) is 0. The van der Waals surface area contributed by atoms with Gasteiger partial charge in [-0.25, -0.2) is 14.1 Å². The second kappa shape index (κ2) is 4.76. The molecule has 0 atom stereocenters. The molecule has 20 heavy (non-hydrogen) atoms. The number of hydrogen-bond donors (Lipinski definition) is 1. The maximum Gasteiger partial charge on any atom is 0.216 e. The van der Waals surface area contributed by atoms with Gasteiger partial charge in [-0.1, -0.05) is 5.21 Å². The van der Waals surface area contributed by atoms with E-state index < -0.39 is 0 Å². The van der Waals surface area contributed by atoms with E-state index in [1.54, 1.807) is 23.0 Å². The van der Waals surface area contributed by atoms with Gasteiger partial charge in [0, 0.05) is 5.56 Å². The van der Waals surface area contributed by atoms with E-state index in [9.17, 15) is 4.39 Å². The predicted octanol–water partition coefficient (Wildman–Crippen LogP) is 2.01. The van der Waals surface area contributed by atoms with E-state index in [1.807, 2.05) is 6.92 Å². The van der Waals surface area contributed by atoms with E-state index in [2.05, 4.69) is 15.3 Å². The van der Waals surface area contributed by atoms with Crippen molar-refractivity contribution in [2.24, 2.45) is 0 Å². The zero-order valence-corrected chi connectivity index (χ0v) is 10.7. The fourth-order valence-electron chi connectivity index (χ4n) is 1.78. The van der Waals surface area contributed by atoms with Crippen LogP contribution in [0.2, 0.25) is 0 Å². The van der Waals surface area contributed by atoms with Crippen molar-refractivity contribution < 1.29 is 8.81 Å². The second-order valence-corrected chi connectivity index (χ2v) is 4.34. The lowest BCUT2D eigenvalue weighted by Crippen LogP contribution is -2.04. The number of anilines is 1. The van der Waals surface area contributed by atoms with Crippen LogP contribution in [0.1, 0.15) is 11.6 Å². The summed E-state index contributed by atoms with van der Waals surface area (Å²) in [6.07, 6.45) is 1.60. The number of oxazole rings is 1. The summed E-state index contributed by atoms with van der Waals surface area (Å²) >= 11 is 0. The van der Waals surface area contributed by atoms with Crippen LogP contribution >= 0.6 is 0 Å². The number of nitrogens with two attached hydrogens (primary N) is 1. The van der Waals surface area contributed by atoms with Crippen LogP contribution in [0.5, 0.6) is 0 Å². The second-order valence-electron chi connectivity index (χ2n) is 4.34. The average Bonchev–Trinajstić information content (AvgIpc) is 3.02. The molecule has 0 aliphatic carbocycles. The summed E-state index contributed by atoms with van der Waals surface area (Å²) < 4.78 is 20.1. The minimum absolute atomic E-state index is 0.290. The molecule has 2 heterocycles. The van der Waals surface area contributed by atoms with Crippen molar-refractivity contribution in [1.29, 1.82) is 0 Å². The standard InChI is InChI=1S/C13H12FN5O/c1-8-13(15)17-18-19(8)7-12-16-6-11(20-12)9-2-4-10(14)5-3-9/h2-6H,7,15H2,1H3. The van der Waals surface area contributed by atoms with Crippen molar-refractivity contribution in [3.63, 3.8) is 0 Å². The van der Waals surface area contributed by atoms with Crippen LogP contribution in [0, 0.1) is 12.7 Å². The largest absolute Gasteiger partial charge is 0.439 e. The normalized spacial score (nSPS) is 10.9. The summed E-state index contributed by atoms with van der Waals surface area (Å²) in [5, 5.41) is 7.66. The summed E-state index contributed by atoms with van der Waals surface area (Å²) in [5.41, 5.74) is 7.14. The number of nitrogens with zero attached hydrogens (tertiary/aromatic N) is 4.